The number of hydrogen-bond donors (Lipinski definition) is 0. The minimum atomic E-state index is -4.50. The Labute approximate surface area is 136 Å². The van der Waals surface area contributed by atoms with E-state index in [0.717, 1.165) is 30.0 Å². The lowest BCUT2D eigenvalue weighted by Crippen LogP contribution is -2.47. The van der Waals surface area contributed by atoms with Crippen LogP contribution < -0.4 is 0 Å². The summed E-state index contributed by atoms with van der Waals surface area (Å²) in [6.07, 6.45) is 2.98. The van der Waals surface area contributed by atoms with Gasteiger partial charge in [0.2, 0.25) is 5.91 Å². The molecule has 0 spiro atoms. The highest BCUT2D eigenvalue weighted by Gasteiger charge is 2.34. The molecule has 24 heavy (non-hydrogen) atoms. The average Bonchev–Trinajstić information content (AvgIpc) is 3.19. The molecule has 0 bridgehead atoms. The Hall–Kier alpha value is -2.32. The van der Waals surface area contributed by atoms with Crippen LogP contribution in [0, 0.1) is 0 Å². The number of aromatic nitrogens is 4. The Morgan fingerprint density at radius 3 is 2.75 bits per heavy atom. The van der Waals surface area contributed by atoms with Crippen molar-refractivity contribution in [1.29, 1.82) is 0 Å². The standard InChI is InChI=1S/C15H18F3N5O/c16-15(17,18)13-5-9-22(20-13)11-14(24)23-8-2-1-4-12(23)10-21-7-3-6-19-21/h3,5-7,9,12H,1-2,4,8,10-11H2/t12-/m1/s1. The quantitative estimate of drug-likeness (QED) is 0.856. The number of likely N-dealkylation sites (tertiary alicyclic amines) is 1. The number of amides is 1. The van der Waals surface area contributed by atoms with Gasteiger partial charge in [0.05, 0.1) is 12.6 Å². The van der Waals surface area contributed by atoms with Crippen LogP contribution in [0.15, 0.2) is 30.7 Å². The van der Waals surface area contributed by atoms with Crippen molar-refractivity contribution in [3.63, 3.8) is 0 Å². The van der Waals surface area contributed by atoms with Crippen molar-refractivity contribution in [2.45, 2.75) is 44.6 Å². The second-order valence-corrected chi connectivity index (χ2v) is 5.86. The van der Waals surface area contributed by atoms with Crippen LogP contribution in [-0.4, -0.2) is 43.0 Å². The lowest BCUT2D eigenvalue weighted by molar-refractivity contribution is -0.142. The lowest BCUT2D eigenvalue weighted by Gasteiger charge is -2.35. The van der Waals surface area contributed by atoms with Gasteiger partial charge in [-0.3, -0.25) is 14.2 Å². The van der Waals surface area contributed by atoms with Gasteiger partial charge in [0.1, 0.15) is 6.54 Å². The number of hydrogen-bond acceptors (Lipinski definition) is 3. The number of piperidine rings is 1. The van der Waals surface area contributed by atoms with Gasteiger partial charge in [0.25, 0.3) is 0 Å². The van der Waals surface area contributed by atoms with Crippen LogP contribution in [0.1, 0.15) is 25.0 Å². The first-order valence-electron chi connectivity index (χ1n) is 7.81. The summed E-state index contributed by atoms with van der Waals surface area (Å²) >= 11 is 0. The largest absolute Gasteiger partial charge is 0.435 e. The van der Waals surface area contributed by atoms with Crippen molar-refractivity contribution in [1.82, 2.24) is 24.5 Å². The third-order valence-corrected chi connectivity index (χ3v) is 4.13. The zero-order valence-corrected chi connectivity index (χ0v) is 13.0. The Kier molecular flexibility index (Phi) is 4.59. The molecule has 3 heterocycles. The molecule has 3 rings (SSSR count). The summed E-state index contributed by atoms with van der Waals surface area (Å²) in [6, 6.07) is 2.70. The topological polar surface area (TPSA) is 56.0 Å². The first-order valence-corrected chi connectivity index (χ1v) is 7.81. The highest BCUT2D eigenvalue weighted by atomic mass is 19.4. The summed E-state index contributed by atoms with van der Waals surface area (Å²) in [7, 11) is 0. The second kappa shape index (κ2) is 6.66. The molecule has 9 heteroatoms. The molecule has 130 valence electrons. The normalized spacial score (nSPS) is 18.8. The van der Waals surface area contributed by atoms with Gasteiger partial charge >= 0.3 is 6.18 Å². The Balaban J connectivity index is 1.66. The molecule has 1 atom stereocenters. The number of halogens is 3. The monoisotopic (exact) mass is 341 g/mol. The number of rotatable bonds is 4. The molecule has 1 saturated heterocycles. The van der Waals surface area contributed by atoms with Gasteiger partial charge in [0.15, 0.2) is 5.69 Å². The number of nitrogens with zero attached hydrogens (tertiary/aromatic N) is 5. The number of carbonyl (C=O) groups is 1. The number of alkyl halides is 3. The lowest BCUT2D eigenvalue weighted by atomic mass is 10.0. The molecule has 1 aliphatic rings. The van der Waals surface area contributed by atoms with E-state index in [9.17, 15) is 18.0 Å². The summed E-state index contributed by atoms with van der Waals surface area (Å²) in [5.41, 5.74) is -0.984. The first kappa shape index (κ1) is 16.5. The molecule has 6 nitrogen and oxygen atoms in total. The van der Waals surface area contributed by atoms with Crippen molar-refractivity contribution in [2.75, 3.05) is 6.54 Å². The predicted octanol–water partition coefficient (Wildman–Crippen LogP) is 2.18. The van der Waals surface area contributed by atoms with Gasteiger partial charge in [-0.25, -0.2) is 0 Å². The first-order chi connectivity index (χ1) is 11.4. The molecule has 1 amide bonds. The predicted molar refractivity (Wildman–Crippen MR) is 78.8 cm³/mol. The third kappa shape index (κ3) is 3.77. The molecular weight excluding hydrogens is 323 g/mol. The van der Waals surface area contributed by atoms with Crippen LogP contribution in [0.25, 0.3) is 0 Å². The van der Waals surface area contributed by atoms with Gasteiger partial charge in [-0.1, -0.05) is 0 Å². The zero-order chi connectivity index (χ0) is 17.2. The van der Waals surface area contributed by atoms with E-state index in [2.05, 4.69) is 10.2 Å². The van der Waals surface area contributed by atoms with E-state index < -0.39 is 11.9 Å². The zero-order valence-electron chi connectivity index (χ0n) is 13.0. The van der Waals surface area contributed by atoms with Gasteiger partial charge in [-0.15, -0.1) is 0 Å². The summed E-state index contributed by atoms with van der Waals surface area (Å²) in [5, 5.41) is 7.60. The molecule has 0 radical (unpaired) electrons. The molecule has 1 aliphatic heterocycles. The van der Waals surface area contributed by atoms with Crippen molar-refractivity contribution >= 4 is 5.91 Å². The van der Waals surface area contributed by atoms with Crippen molar-refractivity contribution < 1.29 is 18.0 Å². The molecule has 1 fully saturated rings. The van der Waals surface area contributed by atoms with Crippen LogP contribution in [0.2, 0.25) is 0 Å². The van der Waals surface area contributed by atoms with Crippen LogP contribution in [0.4, 0.5) is 13.2 Å². The fraction of sp³-hybridized carbons (Fsp3) is 0.533. The van der Waals surface area contributed by atoms with Crippen LogP contribution in [0.5, 0.6) is 0 Å². The summed E-state index contributed by atoms with van der Waals surface area (Å²) in [5.74, 6) is -0.219. The fourth-order valence-corrected chi connectivity index (χ4v) is 2.97. The van der Waals surface area contributed by atoms with Crippen LogP contribution in [0.3, 0.4) is 0 Å². The van der Waals surface area contributed by atoms with Crippen LogP contribution >= 0.6 is 0 Å². The van der Waals surface area contributed by atoms with E-state index in [1.807, 2.05) is 12.3 Å². The molecule has 0 unspecified atom stereocenters. The smallest absolute Gasteiger partial charge is 0.336 e. The van der Waals surface area contributed by atoms with Gasteiger partial charge < -0.3 is 4.90 Å². The van der Waals surface area contributed by atoms with Crippen LogP contribution in [-0.2, 0) is 24.1 Å². The Morgan fingerprint density at radius 1 is 1.25 bits per heavy atom. The van der Waals surface area contributed by atoms with E-state index in [0.29, 0.717) is 13.1 Å². The maximum atomic E-state index is 12.6. The summed E-state index contributed by atoms with van der Waals surface area (Å²) in [6.45, 7) is 1.01. The van der Waals surface area contributed by atoms with E-state index >= 15 is 0 Å². The maximum Gasteiger partial charge on any atom is 0.435 e. The molecule has 0 aromatic carbocycles. The van der Waals surface area contributed by atoms with E-state index in [1.54, 1.807) is 15.8 Å². The minimum Gasteiger partial charge on any atom is -0.336 e. The molecule has 0 aliphatic carbocycles. The van der Waals surface area contributed by atoms with E-state index in [-0.39, 0.29) is 18.5 Å². The summed E-state index contributed by atoms with van der Waals surface area (Å²) < 4.78 is 40.6. The molecule has 0 N–H and O–H groups in total. The van der Waals surface area contributed by atoms with E-state index in [4.69, 9.17) is 0 Å². The third-order valence-electron chi connectivity index (χ3n) is 4.13. The van der Waals surface area contributed by atoms with Gasteiger partial charge in [-0.2, -0.15) is 23.4 Å². The average molecular weight is 341 g/mol. The number of carbonyl (C=O) groups excluding carboxylic acids is 1. The minimum absolute atomic E-state index is 0.00352. The van der Waals surface area contributed by atoms with Gasteiger partial charge in [-0.05, 0) is 31.4 Å². The highest BCUT2D eigenvalue weighted by Crippen LogP contribution is 2.27. The molecular formula is C15H18F3N5O. The molecule has 0 saturated carbocycles. The molecule has 2 aromatic rings. The Bertz CT molecular complexity index is 680. The fourth-order valence-electron chi connectivity index (χ4n) is 2.97. The van der Waals surface area contributed by atoms with Crippen molar-refractivity contribution in [3.8, 4) is 0 Å². The maximum absolute atomic E-state index is 12.6. The summed E-state index contributed by atoms with van der Waals surface area (Å²) in [4.78, 5) is 14.3. The van der Waals surface area contributed by atoms with Crippen molar-refractivity contribution in [2.24, 2.45) is 0 Å². The molecule has 2 aromatic heterocycles. The second-order valence-electron chi connectivity index (χ2n) is 5.86. The Morgan fingerprint density at radius 2 is 2.08 bits per heavy atom. The van der Waals surface area contributed by atoms with Crippen molar-refractivity contribution in [3.05, 3.63) is 36.4 Å². The SMILES string of the molecule is O=C(Cn1ccc(C(F)(F)F)n1)N1CCCC[C@@H]1Cn1cccn1. The highest BCUT2D eigenvalue weighted by molar-refractivity contribution is 5.76. The van der Waals surface area contributed by atoms with Gasteiger partial charge in [0, 0.05) is 25.1 Å². The van der Waals surface area contributed by atoms with E-state index in [1.165, 1.54) is 6.20 Å².